The predicted octanol–water partition coefficient (Wildman–Crippen LogP) is -1.40. The van der Waals surface area contributed by atoms with Crippen LogP contribution >= 0.6 is 0 Å². The van der Waals surface area contributed by atoms with Crippen molar-refractivity contribution in [3.8, 4) is 0 Å². The van der Waals surface area contributed by atoms with E-state index in [0.29, 0.717) is 6.61 Å². The molecule has 15 nitrogen and oxygen atoms in total. The van der Waals surface area contributed by atoms with Crippen LogP contribution in [0, 0.1) is 0 Å². The molecule has 40 heavy (non-hydrogen) atoms. The van der Waals surface area contributed by atoms with Gasteiger partial charge in [0.1, 0.15) is 19.3 Å². The van der Waals surface area contributed by atoms with Gasteiger partial charge in [0.25, 0.3) is 11.8 Å². The van der Waals surface area contributed by atoms with Crippen LogP contribution < -0.4 is 33.0 Å². The molecule has 8 N–H and O–H groups in total. The molecule has 0 spiro atoms. The highest BCUT2D eigenvalue weighted by Crippen LogP contribution is 2.00. The van der Waals surface area contributed by atoms with Crippen LogP contribution in [0.25, 0.3) is 0 Å². The fourth-order valence-electron chi connectivity index (χ4n) is 2.86. The number of primary amides is 1. The van der Waals surface area contributed by atoms with Crippen molar-refractivity contribution in [3.05, 3.63) is 35.9 Å². The number of nitrogens with two attached hydrogens (primary N) is 2. The van der Waals surface area contributed by atoms with Gasteiger partial charge in [-0.25, -0.2) is 4.79 Å². The molecule has 1 rings (SSSR count). The molecule has 15 heteroatoms. The normalized spacial score (nSPS) is 12.1. The first-order chi connectivity index (χ1) is 19.2. The lowest BCUT2D eigenvalue weighted by atomic mass is 10.2. The lowest BCUT2D eigenvalue weighted by Crippen LogP contribution is -2.57. The van der Waals surface area contributed by atoms with Crippen LogP contribution in [-0.4, -0.2) is 88.0 Å². The number of carbonyl (C=O) groups is 5. The molecule has 0 aromatic heterocycles. The highest BCUT2D eigenvalue weighted by atomic mass is 16.6. The van der Waals surface area contributed by atoms with E-state index in [-0.39, 0.29) is 46.2 Å². The Kier molecular flexibility index (Phi) is 18.0. The standard InChI is InChI=1S/C25H40N6O9/c1-2-3-10-38-16-20(24(35)31-30-23(34)19(26)14-21(27)32)29-22(33)17-39-13-12-37-11-9-28-25(36)40-15-18-7-5-4-6-8-18/h4-8,19-20H,2-3,9-17,26H2,1H3,(H2,27,32)(H,28,36)(H,29,33)(H,30,34)(H,31,35)/t19-,20-/m0/s1. The molecule has 1 aromatic rings. The SMILES string of the molecule is CCCCOC[C@H](NC(=O)COCCOCCNC(=O)OCc1ccccc1)C(=O)NNC(=O)[C@@H](N)CC(N)=O. The first-order valence-electron chi connectivity index (χ1n) is 12.8. The van der Waals surface area contributed by atoms with Gasteiger partial charge < -0.3 is 41.0 Å². The molecule has 224 valence electrons. The van der Waals surface area contributed by atoms with E-state index in [1.165, 1.54) is 0 Å². The van der Waals surface area contributed by atoms with Crippen molar-refractivity contribution in [2.45, 2.75) is 44.9 Å². The summed E-state index contributed by atoms with van der Waals surface area (Å²) >= 11 is 0. The number of benzene rings is 1. The molecule has 0 aliphatic rings. The van der Waals surface area contributed by atoms with E-state index >= 15 is 0 Å². The lowest BCUT2D eigenvalue weighted by molar-refractivity contribution is -0.135. The van der Waals surface area contributed by atoms with Gasteiger partial charge >= 0.3 is 6.09 Å². The van der Waals surface area contributed by atoms with Crippen LogP contribution in [0.5, 0.6) is 0 Å². The number of hydrogen-bond acceptors (Lipinski definition) is 10. The summed E-state index contributed by atoms with van der Waals surface area (Å²) in [7, 11) is 0. The zero-order chi connectivity index (χ0) is 29.6. The van der Waals surface area contributed by atoms with Gasteiger partial charge in [-0.1, -0.05) is 43.7 Å². The van der Waals surface area contributed by atoms with E-state index < -0.39 is 48.2 Å². The van der Waals surface area contributed by atoms with Gasteiger partial charge in [-0.2, -0.15) is 0 Å². The molecule has 0 unspecified atom stereocenters. The van der Waals surface area contributed by atoms with Gasteiger partial charge in [0.2, 0.25) is 11.8 Å². The number of hydrazine groups is 1. The maximum Gasteiger partial charge on any atom is 0.407 e. The van der Waals surface area contributed by atoms with Gasteiger partial charge in [-0.3, -0.25) is 30.0 Å². The molecule has 0 radical (unpaired) electrons. The Morgan fingerprint density at radius 3 is 2.30 bits per heavy atom. The number of ether oxygens (including phenoxy) is 4. The fraction of sp³-hybridized carbons (Fsp3) is 0.560. The Morgan fingerprint density at radius 2 is 1.60 bits per heavy atom. The zero-order valence-corrected chi connectivity index (χ0v) is 22.6. The second kappa shape index (κ2) is 21.1. The largest absolute Gasteiger partial charge is 0.445 e. The average Bonchev–Trinajstić information content (AvgIpc) is 2.93. The predicted molar refractivity (Wildman–Crippen MR) is 142 cm³/mol. The molecule has 0 fully saturated rings. The number of alkyl carbamates (subject to hydrolysis) is 1. The van der Waals surface area contributed by atoms with E-state index in [2.05, 4.69) is 21.5 Å². The van der Waals surface area contributed by atoms with Crippen molar-refractivity contribution < 1.29 is 42.9 Å². The van der Waals surface area contributed by atoms with Gasteiger partial charge in [0.15, 0.2) is 0 Å². The quantitative estimate of drug-likeness (QED) is 0.0797. The summed E-state index contributed by atoms with van der Waals surface area (Å²) in [6.45, 7) is 2.69. The van der Waals surface area contributed by atoms with E-state index in [9.17, 15) is 24.0 Å². The van der Waals surface area contributed by atoms with Crippen molar-refractivity contribution in [3.63, 3.8) is 0 Å². The molecule has 0 bridgehead atoms. The third kappa shape index (κ3) is 16.9. The van der Waals surface area contributed by atoms with E-state index in [4.69, 9.17) is 30.4 Å². The summed E-state index contributed by atoms with van der Waals surface area (Å²) in [5, 5.41) is 5.02. The summed E-state index contributed by atoms with van der Waals surface area (Å²) in [6, 6.07) is 6.89. The highest BCUT2D eigenvalue weighted by Gasteiger charge is 2.23. The van der Waals surface area contributed by atoms with Crippen LogP contribution in [0.3, 0.4) is 0 Å². The van der Waals surface area contributed by atoms with Crippen LogP contribution in [0.2, 0.25) is 0 Å². The molecule has 0 aliphatic heterocycles. The van der Waals surface area contributed by atoms with Gasteiger partial charge in [0.05, 0.1) is 38.9 Å². The van der Waals surface area contributed by atoms with Crippen molar-refractivity contribution in [1.82, 2.24) is 21.5 Å². The first kappa shape index (κ1) is 34.2. The van der Waals surface area contributed by atoms with E-state index in [1.54, 1.807) is 0 Å². The van der Waals surface area contributed by atoms with Crippen molar-refractivity contribution in [1.29, 1.82) is 0 Å². The molecule has 1 aromatic carbocycles. The number of unbranched alkanes of at least 4 members (excludes halogenated alkanes) is 1. The third-order valence-corrected chi connectivity index (χ3v) is 4.98. The Labute approximate surface area is 232 Å². The Balaban J connectivity index is 2.26. The molecule has 0 heterocycles. The van der Waals surface area contributed by atoms with Gasteiger partial charge in [0, 0.05) is 13.2 Å². The summed E-state index contributed by atoms with van der Waals surface area (Å²) < 4.78 is 21.1. The summed E-state index contributed by atoms with van der Waals surface area (Å²) in [5.74, 6) is -2.96. The minimum atomic E-state index is -1.24. The topological polar surface area (TPSA) is 222 Å². The number of amides is 5. The van der Waals surface area contributed by atoms with Crippen molar-refractivity contribution in [2.75, 3.05) is 46.2 Å². The zero-order valence-electron chi connectivity index (χ0n) is 22.6. The van der Waals surface area contributed by atoms with Gasteiger partial charge in [-0.15, -0.1) is 0 Å². The Bertz CT molecular complexity index is 919. The average molecular weight is 569 g/mol. The first-order valence-corrected chi connectivity index (χ1v) is 12.8. The maximum absolute atomic E-state index is 12.5. The van der Waals surface area contributed by atoms with Crippen LogP contribution in [0.1, 0.15) is 31.7 Å². The second-order valence-electron chi connectivity index (χ2n) is 8.46. The molecule has 0 saturated carbocycles. The molecule has 5 amide bonds. The van der Waals surface area contributed by atoms with Crippen molar-refractivity contribution >= 4 is 29.7 Å². The Morgan fingerprint density at radius 1 is 0.900 bits per heavy atom. The highest BCUT2D eigenvalue weighted by molar-refractivity contribution is 5.91. The number of hydrogen-bond donors (Lipinski definition) is 6. The third-order valence-electron chi connectivity index (χ3n) is 4.98. The number of rotatable bonds is 20. The number of nitrogens with one attached hydrogen (secondary N) is 4. The number of carbonyl (C=O) groups excluding carboxylic acids is 5. The monoisotopic (exact) mass is 568 g/mol. The van der Waals surface area contributed by atoms with Crippen LogP contribution in [0.15, 0.2) is 30.3 Å². The minimum absolute atomic E-state index is 0.0869. The van der Waals surface area contributed by atoms with E-state index in [1.807, 2.05) is 37.3 Å². The molecule has 2 atom stereocenters. The molecular weight excluding hydrogens is 528 g/mol. The van der Waals surface area contributed by atoms with Crippen LogP contribution in [0.4, 0.5) is 4.79 Å². The second-order valence-corrected chi connectivity index (χ2v) is 8.46. The fourth-order valence-corrected chi connectivity index (χ4v) is 2.86. The van der Waals surface area contributed by atoms with Crippen molar-refractivity contribution in [2.24, 2.45) is 11.5 Å². The summed E-state index contributed by atoms with van der Waals surface area (Å²) in [6.07, 6.45) is 0.669. The smallest absolute Gasteiger partial charge is 0.407 e. The maximum atomic E-state index is 12.5. The molecule has 0 saturated heterocycles. The summed E-state index contributed by atoms with van der Waals surface area (Å²) in [4.78, 5) is 59.2. The molecular formula is C25H40N6O9. The summed E-state index contributed by atoms with van der Waals surface area (Å²) in [5.41, 5.74) is 15.6. The Hall–Kier alpha value is -3.79. The van der Waals surface area contributed by atoms with E-state index in [0.717, 1.165) is 18.4 Å². The lowest BCUT2D eigenvalue weighted by Gasteiger charge is -2.19. The van der Waals surface area contributed by atoms with Gasteiger partial charge in [-0.05, 0) is 12.0 Å². The van der Waals surface area contributed by atoms with Crippen LogP contribution in [-0.2, 0) is 44.7 Å². The molecule has 0 aliphatic carbocycles. The minimum Gasteiger partial charge on any atom is -0.445 e.